The summed E-state index contributed by atoms with van der Waals surface area (Å²) in [4.78, 5) is 27.9. The van der Waals surface area contributed by atoms with Crippen molar-refractivity contribution >= 4 is 39.0 Å². The molecule has 0 saturated heterocycles. The molecular formula is C21H16N4O2. The maximum Gasteiger partial charge on any atom is 0.170 e. The summed E-state index contributed by atoms with van der Waals surface area (Å²) in [6, 6.07) is 9.58. The number of carbonyl (C=O) groups is 1. The van der Waals surface area contributed by atoms with Gasteiger partial charge in [-0.2, -0.15) is 0 Å². The second-order valence-corrected chi connectivity index (χ2v) is 6.41. The average Bonchev–Trinajstić information content (AvgIpc) is 3.34. The predicted molar refractivity (Wildman–Crippen MR) is 104 cm³/mol. The van der Waals surface area contributed by atoms with Crippen molar-refractivity contribution in [3.05, 3.63) is 66.3 Å². The summed E-state index contributed by atoms with van der Waals surface area (Å²) in [5, 5.41) is 1.03. The number of aromatic nitrogens is 4. The largest absolute Gasteiger partial charge is 0.497 e. The number of aromatic amines is 2. The van der Waals surface area contributed by atoms with Gasteiger partial charge in [0.1, 0.15) is 17.2 Å². The Bertz CT molecular complexity index is 1260. The van der Waals surface area contributed by atoms with Gasteiger partial charge in [-0.25, -0.2) is 9.97 Å². The SMILES string of the molecule is COc1ccc2nc(C3=CC(c4ccnc5[nH]ccc45)=CCC3=O)[nH]c2c1. The van der Waals surface area contributed by atoms with Gasteiger partial charge in [-0.1, -0.05) is 6.08 Å². The van der Waals surface area contributed by atoms with Gasteiger partial charge < -0.3 is 14.7 Å². The van der Waals surface area contributed by atoms with E-state index in [-0.39, 0.29) is 5.78 Å². The molecule has 0 unspecified atom stereocenters. The van der Waals surface area contributed by atoms with Crippen LogP contribution in [-0.4, -0.2) is 32.8 Å². The minimum absolute atomic E-state index is 0.0455. The maximum atomic E-state index is 12.6. The smallest absolute Gasteiger partial charge is 0.170 e. The number of ketones is 1. The highest BCUT2D eigenvalue weighted by Crippen LogP contribution is 2.32. The number of ether oxygens (including phenoxy) is 1. The minimum atomic E-state index is 0.0455. The molecule has 27 heavy (non-hydrogen) atoms. The van der Waals surface area contributed by atoms with Gasteiger partial charge in [0.05, 0.1) is 23.7 Å². The normalized spacial score (nSPS) is 14.5. The average molecular weight is 356 g/mol. The van der Waals surface area contributed by atoms with Crippen LogP contribution in [-0.2, 0) is 4.79 Å². The lowest BCUT2D eigenvalue weighted by Gasteiger charge is -2.12. The third kappa shape index (κ3) is 2.54. The number of imidazole rings is 1. The Labute approximate surface area is 154 Å². The van der Waals surface area contributed by atoms with Gasteiger partial charge in [0, 0.05) is 30.3 Å². The zero-order valence-electron chi connectivity index (χ0n) is 14.6. The molecule has 1 aliphatic carbocycles. The van der Waals surface area contributed by atoms with E-state index >= 15 is 0 Å². The van der Waals surface area contributed by atoms with Gasteiger partial charge in [0.25, 0.3) is 0 Å². The van der Waals surface area contributed by atoms with Crippen molar-refractivity contribution in [1.82, 2.24) is 19.9 Å². The van der Waals surface area contributed by atoms with E-state index in [1.807, 2.05) is 48.7 Å². The molecule has 6 heteroatoms. The number of Topliss-reactive ketones (excluding diaryl/α,β-unsaturated/α-hetero) is 1. The molecule has 3 heterocycles. The lowest BCUT2D eigenvalue weighted by atomic mass is 9.92. The van der Waals surface area contributed by atoms with E-state index in [2.05, 4.69) is 19.9 Å². The summed E-state index contributed by atoms with van der Waals surface area (Å²) < 4.78 is 5.26. The quantitative estimate of drug-likeness (QED) is 0.583. The van der Waals surface area contributed by atoms with Crippen molar-refractivity contribution in [2.24, 2.45) is 0 Å². The van der Waals surface area contributed by atoms with E-state index in [0.717, 1.165) is 39.0 Å². The Morgan fingerprint density at radius 2 is 2.11 bits per heavy atom. The number of hydrogen-bond acceptors (Lipinski definition) is 4. The van der Waals surface area contributed by atoms with Crippen molar-refractivity contribution in [1.29, 1.82) is 0 Å². The van der Waals surface area contributed by atoms with Gasteiger partial charge in [-0.15, -0.1) is 0 Å². The molecule has 0 bridgehead atoms. The Morgan fingerprint density at radius 1 is 1.19 bits per heavy atom. The molecule has 0 aliphatic heterocycles. The number of allylic oxidation sites excluding steroid dienone is 4. The van der Waals surface area contributed by atoms with Crippen molar-refractivity contribution < 1.29 is 9.53 Å². The van der Waals surface area contributed by atoms with Gasteiger partial charge >= 0.3 is 0 Å². The van der Waals surface area contributed by atoms with Crippen LogP contribution in [0, 0.1) is 0 Å². The van der Waals surface area contributed by atoms with E-state index < -0.39 is 0 Å². The molecule has 0 atom stereocenters. The number of nitrogens with one attached hydrogen (secondary N) is 2. The van der Waals surface area contributed by atoms with Gasteiger partial charge in [0.2, 0.25) is 0 Å². The third-order valence-corrected chi connectivity index (χ3v) is 4.82. The van der Waals surface area contributed by atoms with Crippen LogP contribution in [0.25, 0.3) is 33.2 Å². The fourth-order valence-electron chi connectivity index (χ4n) is 3.45. The highest BCUT2D eigenvalue weighted by molar-refractivity contribution is 6.24. The first kappa shape index (κ1) is 15.6. The maximum absolute atomic E-state index is 12.6. The van der Waals surface area contributed by atoms with Crippen molar-refractivity contribution in [2.45, 2.75) is 6.42 Å². The number of nitrogens with zero attached hydrogens (tertiary/aromatic N) is 2. The van der Waals surface area contributed by atoms with E-state index in [0.29, 0.717) is 17.8 Å². The van der Waals surface area contributed by atoms with Crippen molar-refractivity contribution in [3.63, 3.8) is 0 Å². The summed E-state index contributed by atoms with van der Waals surface area (Å²) >= 11 is 0. The number of rotatable bonds is 3. The molecule has 0 saturated carbocycles. The minimum Gasteiger partial charge on any atom is -0.497 e. The van der Waals surface area contributed by atoms with Crippen molar-refractivity contribution in [3.8, 4) is 5.75 Å². The van der Waals surface area contributed by atoms with Gasteiger partial charge in [-0.3, -0.25) is 4.79 Å². The van der Waals surface area contributed by atoms with Crippen LogP contribution < -0.4 is 4.74 Å². The summed E-state index contributed by atoms with van der Waals surface area (Å²) in [5.74, 6) is 1.37. The molecule has 0 amide bonds. The van der Waals surface area contributed by atoms with Crippen LogP contribution in [0.3, 0.4) is 0 Å². The van der Waals surface area contributed by atoms with Gasteiger partial charge in [-0.05, 0) is 41.5 Å². The molecule has 4 aromatic rings. The molecule has 6 nitrogen and oxygen atoms in total. The number of fused-ring (bicyclic) bond motifs is 2. The van der Waals surface area contributed by atoms with Crippen LogP contribution in [0.1, 0.15) is 17.8 Å². The first-order chi connectivity index (χ1) is 13.2. The molecule has 3 aromatic heterocycles. The van der Waals surface area contributed by atoms with Gasteiger partial charge in [0.15, 0.2) is 5.78 Å². The van der Waals surface area contributed by atoms with Crippen LogP contribution in [0.5, 0.6) is 5.75 Å². The molecule has 5 rings (SSSR count). The molecule has 132 valence electrons. The highest BCUT2D eigenvalue weighted by Gasteiger charge is 2.21. The second-order valence-electron chi connectivity index (χ2n) is 6.41. The standard InChI is InChI=1S/C21H16N4O2/c1-27-13-3-4-17-18(11-13)25-21(24-17)16-10-12(2-5-19(16)26)14-6-8-22-20-15(14)7-9-23-20/h2-4,6-11H,5H2,1H3,(H,22,23)(H,24,25). The van der Waals surface area contributed by atoms with E-state index in [1.165, 1.54) is 0 Å². The lowest BCUT2D eigenvalue weighted by molar-refractivity contribution is -0.113. The Kier molecular flexibility index (Phi) is 3.43. The molecule has 0 radical (unpaired) electrons. The summed E-state index contributed by atoms with van der Waals surface area (Å²) in [6.07, 6.45) is 7.84. The summed E-state index contributed by atoms with van der Waals surface area (Å²) in [6.45, 7) is 0. The molecule has 2 N–H and O–H groups in total. The Balaban J connectivity index is 1.62. The summed E-state index contributed by atoms with van der Waals surface area (Å²) in [5.41, 5.74) is 5.09. The van der Waals surface area contributed by atoms with Crippen LogP contribution in [0.2, 0.25) is 0 Å². The first-order valence-corrected chi connectivity index (χ1v) is 8.64. The molecule has 1 aliphatic rings. The second kappa shape index (κ2) is 5.95. The summed E-state index contributed by atoms with van der Waals surface area (Å²) in [7, 11) is 1.62. The monoisotopic (exact) mass is 356 g/mol. The number of hydrogen-bond donors (Lipinski definition) is 2. The fraction of sp³-hybridized carbons (Fsp3) is 0.0952. The molecule has 0 spiro atoms. The number of benzene rings is 1. The van der Waals surface area contributed by atoms with Crippen LogP contribution >= 0.6 is 0 Å². The Morgan fingerprint density at radius 3 is 3.00 bits per heavy atom. The van der Waals surface area contributed by atoms with Crippen molar-refractivity contribution in [2.75, 3.05) is 7.11 Å². The lowest BCUT2D eigenvalue weighted by Crippen LogP contribution is -2.07. The fourth-order valence-corrected chi connectivity index (χ4v) is 3.45. The third-order valence-electron chi connectivity index (χ3n) is 4.82. The zero-order valence-corrected chi connectivity index (χ0v) is 14.6. The zero-order chi connectivity index (χ0) is 18.4. The first-order valence-electron chi connectivity index (χ1n) is 8.64. The Hall–Kier alpha value is -3.67. The molecule has 1 aromatic carbocycles. The predicted octanol–water partition coefficient (Wildman–Crippen LogP) is 3.89. The van der Waals surface area contributed by atoms with Crippen LogP contribution in [0.4, 0.5) is 0 Å². The van der Waals surface area contributed by atoms with E-state index in [1.54, 1.807) is 13.3 Å². The molecule has 0 fully saturated rings. The molecular weight excluding hydrogens is 340 g/mol. The highest BCUT2D eigenvalue weighted by atomic mass is 16.5. The number of carbonyl (C=O) groups excluding carboxylic acids is 1. The number of pyridine rings is 1. The number of methoxy groups -OCH3 is 1. The topological polar surface area (TPSA) is 83.7 Å². The van der Waals surface area contributed by atoms with E-state index in [4.69, 9.17) is 4.74 Å². The number of H-pyrrole nitrogens is 2. The van der Waals surface area contributed by atoms with E-state index in [9.17, 15) is 4.79 Å². The van der Waals surface area contributed by atoms with Crippen LogP contribution in [0.15, 0.2) is 54.9 Å².